The molecule has 112 valence electrons. The highest BCUT2D eigenvalue weighted by molar-refractivity contribution is 5.39. The molecule has 1 saturated heterocycles. The minimum atomic E-state index is -0.303. The monoisotopic (exact) mass is 288 g/mol. The van der Waals surface area contributed by atoms with Crippen molar-refractivity contribution >= 4 is 5.65 Å². The molecule has 0 N–H and O–H groups in total. The van der Waals surface area contributed by atoms with Gasteiger partial charge in [-0.05, 0) is 25.0 Å². The molecule has 4 rings (SSSR count). The van der Waals surface area contributed by atoms with Crippen LogP contribution in [0.25, 0.3) is 5.65 Å². The summed E-state index contributed by atoms with van der Waals surface area (Å²) in [4.78, 5) is 4.56. The Morgan fingerprint density at radius 1 is 1.24 bits per heavy atom. The molecule has 1 aliphatic carbocycles. The van der Waals surface area contributed by atoms with Crippen molar-refractivity contribution in [2.45, 2.75) is 44.2 Å². The molecule has 2 aromatic rings. The molecule has 0 amide bonds. The average Bonchev–Trinajstić information content (AvgIpc) is 3.13. The molecule has 2 fully saturated rings. The maximum absolute atomic E-state index is 6.01. The number of nitrogens with zero attached hydrogens (tertiary/aromatic N) is 2. The molecule has 5 nitrogen and oxygen atoms in total. The Kier molecular flexibility index (Phi) is 3.41. The van der Waals surface area contributed by atoms with Crippen LogP contribution in [0, 0.1) is 0 Å². The van der Waals surface area contributed by atoms with Crippen molar-refractivity contribution in [1.29, 1.82) is 0 Å². The zero-order valence-electron chi connectivity index (χ0n) is 12.0. The quantitative estimate of drug-likeness (QED) is 0.870. The third-order valence-corrected chi connectivity index (χ3v) is 4.39. The fourth-order valence-electron chi connectivity index (χ4n) is 3.24. The van der Waals surface area contributed by atoms with E-state index in [4.69, 9.17) is 14.2 Å². The Labute approximate surface area is 123 Å². The van der Waals surface area contributed by atoms with Gasteiger partial charge >= 0.3 is 0 Å². The number of hydrogen-bond donors (Lipinski definition) is 0. The van der Waals surface area contributed by atoms with Crippen LogP contribution in [0.1, 0.15) is 31.4 Å². The third-order valence-electron chi connectivity index (χ3n) is 4.39. The van der Waals surface area contributed by atoms with Crippen LogP contribution in [0.3, 0.4) is 0 Å². The average molecular weight is 288 g/mol. The third kappa shape index (κ3) is 2.69. The van der Waals surface area contributed by atoms with Gasteiger partial charge in [0.05, 0.1) is 31.6 Å². The van der Waals surface area contributed by atoms with Gasteiger partial charge < -0.3 is 18.6 Å². The number of rotatable bonds is 3. The Hall–Kier alpha value is -1.43. The summed E-state index contributed by atoms with van der Waals surface area (Å²) in [6.07, 6.45) is 8.17. The first-order valence-corrected chi connectivity index (χ1v) is 7.65. The zero-order valence-corrected chi connectivity index (χ0v) is 12.0. The number of aromatic nitrogens is 2. The second kappa shape index (κ2) is 5.40. The summed E-state index contributed by atoms with van der Waals surface area (Å²) in [6.45, 7) is 2.03. The van der Waals surface area contributed by atoms with E-state index in [2.05, 4.69) is 4.98 Å². The van der Waals surface area contributed by atoms with Crippen molar-refractivity contribution in [2.75, 3.05) is 13.2 Å². The maximum atomic E-state index is 6.01. The van der Waals surface area contributed by atoms with E-state index in [-0.39, 0.29) is 11.9 Å². The molecule has 0 unspecified atom stereocenters. The van der Waals surface area contributed by atoms with E-state index in [1.165, 1.54) is 0 Å². The molecular formula is C16H20N2O3. The number of ether oxygens (including phenoxy) is 3. The first-order chi connectivity index (χ1) is 10.3. The highest BCUT2D eigenvalue weighted by atomic mass is 16.7. The summed E-state index contributed by atoms with van der Waals surface area (Å²) < 4.78 is 19.5. The van der Waals surface area contributed by atoms with E-state index in [1.54, 1.807) is 0 Å². The maximum Gasteiger partial charge on any atom is 0.168 e. The summed E-state index contributed by atoms with van der Waals surface area (Å²) in [5.41, 5.74) is 1.95. The minimum Gasteiger partial charge on any atom is -0.372 e. The lowest BCUT2D eigenvalue weighted by molar-refractivity contribution is -0.192. The van der Waals surface area contributed by atoms with E-state index in [0.717, 1.165) is 50.2 Å². The van der Waals surface area contributed by atoms with E-state index in [0.29, 0.717) is 6.61 Å². The van der Waals surface area contributed by atoms with Crippen molar-refractivity contribution < 1.29 is 14.2 Å². The molecule has 0 atom stereocenters. The van der Waals surface area contributed by atoms with Gasteiger partial charge in [0, 0.05) is 25.2 Å². The minimum absolute atomic E-state index is 0.285. The Balaban J connectivity index is 1.33. The predicted octanol–water partition coefficient (Wildman–Crippen LogP) is 2.54. The van der Waals surface area contributed by atoms with Gasteiger partial charge in [0.2, 0.25) is 0 Å². The Bertz CT molecular complexity index is 576. The molecular weight excluding hydrogens is 268 g/mol. The molecule has 0 aromatic carbocycles. The molecule has 1 aliphatic heterocycles. The molecule has 1 spiro atoms. The molecule has 0 bridgehead atoms. The first-order valence-electron chi connectivity index (χ1n) is 7.65. The normalized spacial score (nSPS) is 22.3. The van der Waals surface area contributed by atoms with Crippen LogP contribution in [0.5, 0.6) is 0 Å². The van der Waals surface area contributed by atoms with Gasteiger partial charge in [-0.1, -0.05) is 6.07 Å². The van der Waals surface area contributed by atoms with Gasteiger partial charge in [-0.2, -0.15) is 0 Å². The molecule has 2 aromatic heterocycles. The van der Waals surface area contributed by atoms with Crippen LogP contribution in [-0.4, -0.2) is 34.5 Å². The van der Waals surface area contributed by atoms with Crippen LogP contribution in [0.2, 0.25) is 0 Å². The van der Waals surface area contributed by atoms with Gasteiger partial charge in [0.15, 0.2) is 5.79 Å². The highest BCUT2D eigenvalue weighted by Gasteiger charge is 2.40. The summed E-state index contributed by atoms with van der Waals surface area (Å²) in [7, 11) is 0. The summed E-state index contributed by atoms with van der Waals surface area (Å²) in [6, 6.07) is 6.00. The van der Waals surface area contributed by atoms with Gasteiger partial charge in [-0.3, -0.25) is 0 Å². The predicted molar refractivity (Wildman–Crippen MR) is 76.9 cm³/mol. The summed E-state index contributed by atoms with van der Waals surface area (Å²) in [5, 5.41) is 0. The number of pyridine rings is 1. The number of fused-ring (bicyclic) bond motifs is 1. The lowest BCUT2D eigenvalue weighted by Crippen LogP contribution is -2.37. The zero-order chi connectivity index (χ0) is 14.1. The SMILES string of the molecule is c1ccn2cc(COC3CCC4(CC3)OCCO4)nc2c1. The molecule has 3 heterocycles. The fourth-order valence-corrected chi connectivity index (χ4v) is 3.24. The number of hydrogen-bond acceptors (Lipinski definition) is 4. The van der Waals surface area contributed by atoms with Crippen molar-refractivity contribution in [1.82, 2.24) is 9.38 Å². The molecule has 5 heteroatoms. The van der Waals surface area contributed by atoms with Crippen molar-refractivity contribution in [3.8, 4) is 0 Å². The van der Waals surface area contributed by atoms with Gasteiger partial charge in [0.25, 0.3) is 0 Å². The van der Waals surface area contributed by atoms with Crippen LogP contribution in [-0.2, 0) is 20.8 Å². The largest absolute Gasteiger partial charge is 0.372 e. The second-order valence-corrected chi connectivity index (χ2v) is 5.82. The second-order valence-electron chi connectivity index (χ2n) is 5.82. The van der Waals surface area contributed by atoms with Crippen LogP contribution in [0.15, 0.2) is 30.6 Å². The van der Waals surface area contributed by atoms with E-state index in [1.807, 2.05) is 35.0 Å². The fraction of sp³-hybridized carbons (Fsp3) is 0.562. The summed E-state index contributed by atoms with van der Waals surface area (Å²) in [5.74, 6) is -0.303. The molecule has 2 aliphatic rings. The van der Waals surface area contributed by atoms with Gasteiger partial charge in [-0.25, -0.2) is 4.98 Å². The van der Waals surface area contributed by atoms with E-state index in [9.17, 15) is 0 Å². The Morgan fingerprint density at radius 3 is 2.81 bits per heavy atom. The standard InChI is InChI=1S/C16H20N2O3/c1-2-8-18-11-13(17-15(18)3-1)12-19-14-4-6-16(7-5-14)20-9-10-21-16/h1-3,8,11,14H,4-7,9-10,12H2. The smallest absolute Gasteiger partial charge is 0.168 e. The van der Waals surface area contributed by atoms with Crippen LogP contribution in [0.4, 0.5) is 0 Å². The van der Waals surface area contributed by atoms with Gasteiger partial charge in [0.1, 0.15) is 5.65 Å². The molecule has 1 saturated carbocycles. The number of imidazole rings is 1. The lowest BCUT2D eigenvalue weighted by atomic mass is 9.92. The lowest BCUT2D eigenvalue weighted by Gasteiger charge is -2.35. The molecule has 0 radical (unpaired) electrons. The highest BCUT2D eigenvalue weighted by Crippen LogP contribution is 2.36. The topological polar surface area (TPSA) is 45.0 Å². The Morgan fingerprint density at radius 2 is 2.05 bits per heavy atom. The summed E-state index contributed by atoms with van der Waals surface area (Å²) >= 11 is 0. The van der Waals surface area contributed by atoms with Crippen molar-refractivity contribution in [3.05, 3.63) is 36.3 Å². The van der Waals surface area contributed by atoms with Crippen molar-refractivity contribution in [3.63, 3.8) is 0 Å². The molecule has 21 heavy (non-hydrogen) atoms. The van der Waals surface area contributed by atoms with E-state index >= 15 is 0 Å². The van der Waals surface area contributed by atoms with E-state index < -0.39 is 0 Å². The van der Waals surface area contributed by atoms with Gasteiger partial charge in [-0.15, -0.1) is 0 Å². The first kappa shape index (κ1) is 13.2. The van der Waals surface area contributed by atoms with Crippen LogP contribution >= 0.6 is 0 Å². The van der Waals surface area contributed by atoms with Crippen LogP contribution < -0.4 is 0 Å². The van der Waals surface area contributed by atoms with Crippen molar-refractivity contribution in [2.24, 2.45) is 0 Å².